The lowest BCUT2D eigenvalue weighted by Crippen LogP contribution is -2.30. The number of hydrogen-bond acceptors (Lipinski definition) is 4. The molecule has 0 aliphatic heterocycles. The van der Waals surface area contributed by atoms with Gasteiger partial charge in [0.2, 0.25) is 0 Å². The highest BCUT2D eigenvalue weighted by molar-refractivity contribution is 6.00. The molecule has 1 atom stereocenters. The van der Waals surface area contributed by atoms with Crippen LogP contribution in [0.25, 0.3) is 0 Å². The van der Waals surface area contributed by atoms with Crippen molar-refractivity contribution in [3.63, 3.8) is 0 Å². The van der Waals surface area contributed by atoms with E-state index in [1.165, 1.54) is 0 Å². The summed E-state index contributed by atoms with van der Waals surface area (Å²) in [5.41, 5.74) is 7.56. The first kappa shape index (κ1) is 13.3. The van der Waals surface area contributed by atoms with E-state index in [1.807, 2.05) is 11.9 Å². The van der Waals surface area contributed by atoms with Gasteiger partial charge in [0, 0.05) is 26.3 Å². The van der Waals surface area contributed by atoms with Gasteiger partial charge in [-0.25, -0.2) is 0 Å². The number of likely N-dealkylation sites (N-methyl/N-ethyl adjacent to an activating group) is 1. The minimum atomic E-state index is -0.473. The molecule has 94 valence electrons. The highest BCUT2D eigenvalue weighted by Gasteiger charge is 2.14. The minimum absolute atomic E-state index is 0.169. The van der Waals surface area contributed by atoms with Gasteiger partial charge in [-0.15, -0.1) is 0 Å². The van der Waals surface area contributed by atoms with Crippen molar-refractivity contribution < 1.29 is 9.90 Å². The van der Waals surface area contributed by atoms with E-state index in [2.05, 4.69) is 5.32 Å². The Hall–Kier alpha value is -1.75. The Kier molecular flexibility index (Phi) is 4.34. The van der Waals surface area contributed by atoms with E-state index in [0.29, 0.717) is 23.5 Å². The molecule has 1 amide bonds. The second-order valence-corrected chi connectivity index (χ2v) is 4.09. The predicted molar refractivity (Wildman–Crippen MR) is 69.2 cm³/mol. The lowest BCUT2D eigenvalue weighted by molar-refractivity contribution is 0.0963. The van der Waals surface area contributed by atoms with Crippen LogP contribution >= 0.6 is 0 Å². The van der Waals surface area contributed by atoms with Gasteiger partial charge in [-0.2, -0.15) is 0 Å². The predicted octanol–water partition coefficient (Wildman–Crippen LogP) is 0.445. The third-order valence-electron chi connectivity index (χ3n) is 2.44. The van der Waals surface area contributed by atoms with Gasteiger partial charge in [0.1, 0.15) is 0 Å². The molecule has 1 aromatic carbocycles. The van der Waals surface area contributed by atoms with Crippen molar-refractivity contribution in [1.82, 2.24) is 5.32 Å². The molecule has 0 aliphatic rings. The minimum Gasteiger partial charge on any atom is -0.399 e. The average Bonchev–Trinajstić information content (AvgIpc) is 2.27. The summed E-state index contributed by atoms with van der Waals surface area (Å²) in [4.78, 5) is 13.5. The van der Waals surface area contributed by atoms with Crippen molar-refractivity contribution in [1.29, 1.82) is 0 Å². The maximum atomic E-state index is 11.7. The first-order valence-corrected chi connectivity index (χ1v) is 5.46. The molecule has 0 aliphatic carbocycles. The molecular weight excluding hydrogens is 218 g/mol. The van der Waals surface area contributed by atoms with Gasteiger partial charge >= 0.3 is 0 Å². The topological polar surface area (TPSA) is 78.6 Å². The van der Waals surface area contributed by atoms with Crippen LogP contribution in [0.5, 0.6) is 0 Å². The Labute approximate surface area is 101 Å². The molecule has 17 heavy (non-hydrogen) atoms. The second kappa shape index (κ2) is 5.54. The molecule has 0 spiro atoms. The van der Waals surface area contributed by atoms with Crippen LogP contribution < -0.4 is 16.0 Å². The number of rotatable bonds is 4. The zero-order chi connectivity index (χ0) is 13.0. The fourth-order valence-electron chi connectivity index (χ4n) is 1.69. The Morgan fingerprint density at radius 1 is 1.59 bits per heavy atom. The Bertz CT molecular complexity index is 405. The standard InChI is InChI=1S/C12H19N3O2/c1-8(16)7-15(3)11-6-9(13)4-5-10(11)12(17)14-2/h4-6,8,16H,7,13H2,1-3H3,(H,14,17). The molecule has 5 heteroatoms. The summed E-state index contributed by atoms with van der Waals surface area (Å²) in [6.07, 6.45) is -0.473. The Morgan fingerprint density at radius 2 is 2.24 bits per heavy atom. The number of carbonyl (C=O) groups excluding carboxylic acids is 1. The molecular formula is C12H19N3O2. The Balaban J connectivity index is 3.10. The fourth-order valence-corrected chi connectivity index (χ4v) is 1.69. The van der Waals surface area contributed by atoms with Crippen LogP contribution in [0.4, 0.5) is 11.4 Å². The van der Waals surface area contributed by atoms with Gasteiger partial charge in [-0.05, 0) is 25.1 Å². The van der Waals surface area contributed by atoms with E-state index in [0.717, 1.165) is 0 Å². The van der Waals surface area contributed by atoms with Crippen LogP contribution in [0.3, 0.4) is 0 Å². The molecule has 0 saturated heterocycles. The van der Waals surface area contributed by atoms with Crippen molar-refractivity contribution in [2.75, 3.05) is 31.3 Å². The molecule has 0 bridgehead atoms. The highest BCUT2D eigenvalue weighted by atomic mass is 16.3. The number of anilines is 2. The van der Waals surface area contributed by atoms with E-state index in [9.17, 15) is 9.90 Å². The van der Waals surface area contributed by atoms with Crippen LogP contribution in [0.1, 0.15) is 17.3 Å². The zero-order valence-corrected chi connectivity index (χ0v) is 10.4. The number of nitrogens with two attached hydrogens (primary N) is 1. The van der Waals surface area contributed by atoms with Crippen molar-refractivity contribution in [3.8, 4) is 0 Å². The molecule has 0 radical (unpaired) electrons. The summed E-state index contributed by atoms with van der Waals surface area (Å²) in [5, 5.41) is 11.9. The van der Waals surface area contributed by atoms with E-state index < -0.39 is 6.10 Å². The number of amides is 1. The van der Waals surface area contributed by atoms with Gasteiger partial charge < -0.3 is 21.1 Å². The quantitative estimate of drug-likeness (QED) is 0.664. The molecule has 0 saturated carbocycles. The summed E-state index contributed by atoms with van der Waals surface area (Å²) < 4.78 is 0. The van der Waals surface area contributed by atoms with Crippen LogP contribution in [-0.4, -0.2) is 37.8 Å². The maximum Gasteiger partial charge on any atom is 0.253 e. The zero-order valence-electron chi connectivity index (χ0n) is 10.4. The molecule has 5 nitrogen and oxygen atoms in total. The first-order chi connectivity index (χ1) is 7.95. The molecule has 4 N–H and O–H groups in total. The van der Waals surface area contributed by atoms with Crippen LogP contribution in [-0.2, 0) is 0 Å². The number of nitrogens with one attached hydrogen (secondary N) is 1. The van der Waals surface area contributed by atoms with E-state index in [1.54, 1.807) is 32.2 Å². The lowest BCUT2D eigenvalue weighted by Gasteiger charge is -2.23. The molecule has 1 aromatic rings. The SMILES string of the molecule is CNC(=O)c1ccc(N)cc1N(C)CC(C)O. The van der Waals surface area contributed by atoms with Crippen LogP contribution in [0, 0.1) is 0 Å². The summed E-state index contributed by atoms with van der Waals surface area (Å²) >= 11 is 0. The number of hydrogen-bond donors (Lipinski definition) is 3. The average molecular weight is 237 g/mol. The molecule has 1 unspecified atom stereocenters. The van der Waals surface area contributed by atoms with Gasteiger partial charge in [0.25, 0.3) is 5.91 Å². The summed E-state index contributed by atoms with van der Waals surface area (Å²) in [7, 11) is 3.39. The fraction of sp³-hybridized carbons (Fsp3) is 0.417. The first-order valence-electron chi connectivity index (χ1n) is 5.46. The normalized spacial score (nSPS) is 12.0. The van der Waals surface area contributed by atoms with Crippen molar-refractivity contribution in [3.05, 3.63) is 23.8 Å². The summed E-state index contributed by atoms with van der Waals surface area (Å²) in [6.45, 7) is 2.13. The van der Waals surface area contributed by atoms with Crippen molar-refractivity contribution in [2.45, 2.75) is 13.0 Å². The maximum absolute atomic E-state index is 11.7. The van der Waals surface area contributed by atoms with Gasteiger partial charge in [-0.1, -0.05) is 0 Å². The third-order valence-corrected chi connectivity index (χ3v) is 2.44. The monoisotopic (exact) mass is 237 g/mol. The highest BCUT2D eigenvalue weighted by Crippen LogP contribution is 2.22. The van der Waals surface area contributed by atoms with E-state index in [4.69, 9.17) is 5.73 Å². The van der Waals surface area contributed by atoms with Gasteiger partial charge in [0.05, 0.1) is 17.4 Å². The number of nitrogen functional groups attached to an aromatic ring is 1. The largest absolute Gasteiger partial charge is 0.399 e. The lowest BCUT2D eigenvalue weighted by atomic mass is 10.1. The molecule has 1 rings (SSSR count). The van der Waals surface area contributed by atoms with E-state index >= 15 is 0 Å². The van der Waals surface area contributed by atoms with E-state index in [-0.39, 0.29) is 5.91 Å². The smallest absolute Gasteiger partial charge is 0.253 e. The third kappa shape index (κ3) is 3.35. The number of benzene rings is 1. The number of carbonyl (C=O) groups is 1. The molecule has 0 fully saturated rings. The van der Waals surface area contributed by atoms with Crippen molar-refractivity contribution >= 4 is 17.3 Å². The number of nitrogens with zero attached hydrogens (tertiary/aromatic N) is 1. The van der Waals surface area contributed by atoms with Crippen LogP contribution in [0.15, 0.2) is 18.2 Å². The Morgan fingerprint density at radius 3 is 2.76 bits per heavy atom. The summed E-state index contributed by atoms with van der Waals surface area (Å²) in [5.74, 6) is -0.169. The second-order valence-electron chi connectivity index (χ2n) is 4.09. The van der Waals surface area contributed by atoms with Gasteiger partial charge in [0.15, 0.2) is 0 Å². The number of aliphatic hydroxyl groups is 1. The summed E-state index contributed by atoms with van der Waals surface area (Å²) in [6, 6.07) is 5.10. The van der Waals surface area contributed by atoms with Crippen molar-refractivity contribution in [2.24, 2.45) is 0 Å². The molecule has 0 heterocycles. The van der Waals surface area contributed by atoms with Crippen LogP contribution in [0.2, 0.25) is 0 Å². The molecule has 0 aromatic heterocycles. The number of aliphatic hydroxyl groups excluding tert-OH is 1. The van der Waals surface area contributed by atoms with Gasteiger partial charge in [-0.3, -0.25) is 4.79 Å².